The number of hydrogen-bond donors (Lipinski definition) is 1. The van der Waals surface area contributed by atoms with Gasteiger partial charge in [-0.15, -0.1) is 11.3 Å². The smallest absolute Gasteiger partial charge is 0.279 e. The molecule has 22 heavy (non-hydrogen) atoms. The van der Waals surface area contributed by atoms with Crippen molar-refractivity contribution in [3.05, 3.63) is 58.5 Å². The van der Waals surface area contributed by atoms with E-state index in [1.165, 1.54) is 23.3 Å². The second-order valence-electron chi connectivity index (χ2n) is 5.44. The molecule has 1 atom stereocenters. The minimum absolute atomic E-state index is 0.185. The van der Waals surface area contributed by atoms with Crippen LogP contribution in [0.2, 0.25) is 0 Å². The third kappa shape index (κ3) is 2.42. The first-order valence-corrected chi connectivity index (χ1v) is 8.22. The molecular weight excluding hydrogens is 294 g/mol. The molecule has 1 aliphatic heterocycles. The maximum atomic E-state index is 12.2. The molecule has 0 aliphatic carbocycles. The van der Waals surface area contributed by atoms with Crippen LogP contribution in [0.3, 0.4) is 0 Å². The molecule has 0 saturated carbocycles. The Bertz CT molecular complexity index is 884. The average molecular weight is 309 g/mol. The van der Waals surface area contributed by atoms with Crippen LogP contribution in [0, 0.1) is 0 Å². The Balaban J connectivity index is 1.81. The average Bonchev–Trinajstić information content (AvgIpc) is 3.09. The van der Waals surface area contributed by atoms with Crippen molar-refractivity contribution in [3.63, 3.8) is 0 Å². The number of nitrogens with zero attached hydrogens (tertiary/aromatic N) is 2. The highest BCUT2D eigenvalue weighted by Crippen LogP contribution is 2.28. The summed E-state index contributed by atoms with van der Waals surface area (Å²) in [5.74, 6) is 0. The van der Waals surface area contributed by atoms with E-state index in [1.807, 2.05) is 30.3 Å². The van der Waals surface area contributed by atoms with Crippen molar-refractivity contribution in [2.45, 2.75) is 18.9 Å². The van der Waals surface area contributed by atoms with E-state index in [1.54, 1.807) is 6.20 Å². The molecule has 1 aliphatic rings. The fourth-order valence-corrected chi connectivity index (χ4v) is 3.84. The Labute approximate surface area is 131 Å². The first kappa shape index (κ1) is 13.5. The third-order valence-electron chi connectivity index (χ3n) is 3.99. The molecule has 2 aromatic heterocycles. The van der Waals surface area contributed by atoms with Gasteiger partial charge in [0.1, 0.15) is 5.01 Å². The number of hydrogen-bond acceptors (Lipinski definition) is 5. The summed E-state index contributed by atoms with van der Waals surface area (Å²) in [6.45, 7) is 1.06. The summed E-state index contributed by atoms with van der Waals surface area (Å²) in [4.78, 5) is 20.8. The van der Waals surface area contributed by atoms with Crippen molar-refractivity contribution < 1.29 is 0 Å². The van der Waals surface area contributed by atoms with Crippen molar-refractivity contribution in [3.8, 4) is 10.7 Å². The molecule has 1 saturated heterocycles. The van der Waals surface area contributed by atoms with Crippen LogP contribution in [0.25, 0.3) is 20.8 Å². The Kier molecular flexibility index (Phi) is 3.44. The molecule has 3 heterocycles. The molecule has 1 aromatic carbocycles. The molecule has 3 aromatic rings. The van der Waals surface area contributed by atoms with Crippen molar-refractivity contribution in [1.82, 2.24) is 15.3 Å². The van der Waals surface area contributed by atoms with Crippen molar-refractivity contribution in [2.24, 2.45) is 0 Å². The normalized spacial score (nSPS) is 17.9. The molecular formula is C17H15N3OS. The fourth-order valence-electron chi connectivity index (χ4n) is 2.87. The van der Waals surface area contributed by atoms with Gasteiger partial charge in [0.2, 0.25) is 0 Å². The van der Waals surface area contributed by atoms with E-state index in [0.29, 0.717) is 16.4 Å². The van der Waals surface area contributed by atoms with Gasteiger partial charge in [-0.2, -0.15) is 4.98 Å². The fraction of sp³-hybridized carbons (Fsp3) is 0.235. The Morgan fingerprint density at radius 2 is 2.14 bits per heavy atom. The molecule has 4 nitrogen and oxygen atoms in total. The van der Waals surface area contributed by atoms with E-state index in [9.17, 15) is 4.79 Å². The monoisotopic (exact) mass is 309 g/mol. The van der Waals surface area contributed by atoms with Gasteiger partial charge in [0, 0.05) is 16.9 Å². The first-order valence-electron chi connectivity index (χ1n) is 7.41. The van der Waals surface area contributed by atoms with E-state index in [-0.39, 0.29) is 5.56 Å². The lowest BCUT2D eigenvalue weighted by Crippen LogP contribution is -2.13. The molecule has 1 fully saturated rings. The minimum Gasteiger partial charge on any atom is -0.310 e. The lowest BCUT2D eigenvalue weighted by Gasteiger charge is -2.11. The zero-order valence-corrected chi connectivity index (χ0v) is 12.8. The quantitative estimate of drug-likeness (QED) is 0.790. The number of benzene rings is 1. The molecule has 0 bridgehead atoms. The van der Waals surface area contributed by atoms with Gasteiger partial charge < -0.3 is 5.32 Å². The van der Waals surface area contributed by atoms with Gasteiger partial charge >= 0.3 is 0 Å². The number of aromatic nitrogens is 2. The van der Waals surface area contributed by atoms with E-state index < -0.39 is 0 Å². The summed E-state index contributed by atoms with van der Waals surface area (Å²) in [5, 5.41) is 4.84. The van der Waals surface area contributed by atoms with Gasteiger partial charge in [-0.3, -0.25) is 9.78 Å². The summed E-state index contributed by atoms with van der Waals surface area (Å²) >= 11 is 1.51. The van der Waals surface area contributed by atoms with E-state index >= 15 is 0 Å². The number of pyridine rings is 1. The molecule has 4 rings (SSSR count). The summed E-state index contributed by atoms with van der Waals surface area (Å²) in [7, 11) is 0. The Morgan fingerprint density at radius 1 is 1.23 bits per heavy atom. The van der Waals surface area contributed by atoms with Gasteiger partial charge in [0.15, 0.2) is 0 Å². The number of rotatable bonds is 2. The van der Waals surface area contributed by atoms with Gasteiger partial charge in [0.05, 0.1) is 11.1 Å². The minimum atomic E-state index is -0.185. The third-order valence-corrected chi connectivity index (χ3v) is 5.06. The van der Waals surface area contributed by atoms with Crippen LogP contribution in [-0.4, -0.2) is 16.5 Å². The molecule has 5 heteroatoms. The SMILES string of the molecule is O=c1nc(-c2cc(C3CCCN3)ccn2)sc2ccccc12. The standard InChI is InChI=1S/C17H15N3OS/c21-16-12-4-1-2-6-15(12)22-17(20-16)14-10-11(7-9-19-14)13-5-3-8-18-13/h1-2,4,6-7,9-10,13,18H,3,5,8H2. The van der Waals surface area contributed by atoms with Crippen LogP contribution in [0.15, 0.2) is 47.4 Å². The van der Waals surface area contributed by atoms with Crippen LogP contribution in [0.1, 0.15) is 24.4 Å². The Morgan fingerprint density at radius 3 is 3.00 bits per heavy atom. The maximum absolute atomic E-state index is 12.2. The van der Waals surface area contributed by atoms with E-state index in [4.69, 9.17) is 0 Å². The highest BCUT2D eigenvalue weighted by atomic mass is 32.1. The summed E-state index contributed by atoms with van der Waals surface area (Å²) in [6, 6.07) is 12.0. The van der Waals surface area contributed by atoms with Gasteiger partial charge in [0.25, 0.3) is 5.56 Å². The predicted molar refractivity (Wildman–Crippen MR) is 89.1 cm³/mol. The summed E-state index contributed by atoms with van der Waals surface area (Å²) in [6.07, 6.45) is 4.15. The van der Waals surface area contributed by atoms with Gasteiger partial charge in [-0.1, -0.05) is 12.1 Å². The zero-order valence-electron chi connectivity index (χ0n) is 12.0. The molecule has 110 valence electrons. The van der Waals surface area contributed by atoms with Crippen LogP contribution >= 0.6 is 11.3 Å². The second kappa shape index (κ2) is 5.59. The maximum Gasteiger partial charge on any atom is 0.279 e. The van der Waals surface area contributed by atoms with E-state index in [2.05, 4.69) is 21.4 Å². The Hall–Kier alpha value is -2.11. The largest absolute Gasteiger partial charge is 0.310 e. The van der Waals surface area contributed by atoms with Crippen LogP contribution < -0.4 is 10.9 Å². The number of fused-ring (bicyclic) bond motifs is 1. The molecule has 0 amide bonds. The summed E-state index contributed by atoms with van der Waals surface area (Å²) < 4.78 is 0.948. The second-order valence-corrected chi connectivity index (χ2v) is 6.47. The van der Waals surface area contributed by atoms with E-state index in [0.717, 1.165) is 23.4 Å². The molecule has 0 spiro atoms. The lowest BCUT2D eigenvalue weighted by atomic mass is 10.1. The van der Waals surface area contributed by atoms with Gasteiger partial charge in [-0.25, -0.2) is 0 Å². The lowest BCUT2D eigenvalue weighted by molar-refractivity contribution is 0.647. The predicted octanol–water partition coefficient (Wildman–Crippen LogP) is 3.14. The highest BCUT2D eigenvalue weighted by molar-refractivity contribution is 7.21. The van der Waals surface area contributed by atoms with Crippen molar-refractivity contribution >= 4 is 21.4 Å². The van der Waals surface area contributed by atoms with Crippen LogP contribution in [0.4, 0.5) is 0 Å². The topological polar surface area (TPSA) is 54.9 Å². The molecule has 0 radical (unpaired) electrons. The first-order chi connectivity index (χ1) is 10.8. The molecule has 1 unspecified atom stereocenters. The van der Waals surface area contributed by atoms with Gasteiger partial charge in [-0.05, 0) is 49.2 Å². The van der Waals surface area contributed by atoms with Crippen molar-refractivity contribution in [2.75, 3.05) is 6.54 Å². The summed E-state index contributed by atoms with van der Waals surface area (Å²) in [5.41, 5.74) is 1.81. The zero-order chi connectivity index (χ0) is 14.9. The highest BCUT2D eigenvalue weighted by Gasteiger charge is 2.17. The van der Waals surface area contributed by atoms with Crippen molar-refractivity contribution in [1.29, 1.82) is 0 Å². The molecule has 1 N–H and O–H groups in total. The number of nitrogens with one attached hydrogen (secondary N) is 1. The van der Waals surface area contributed by atoms with Crippen LogP contribution in [-0.2, 0) is 0 Å². The van der Waals surface area contributed by atoms with Crippen LogP contribution in [0.5, 0.6) is 0 Å².